The highest BCUT2D eigenvalue weighted by atomic mass is 32.1. The van der Waals surface area contributed by atoms with Gasteiger partial charge in [0.15, 0.2) is 0 Å². The van der Waals surface area contributed by atoms with E-state index in [4.69, 9.17) is 6.42 Å². The lowest BCUT2D eigenvalue weighted by molar-refractivity contribution is 0.622. The predicted molar refractivity (Wildman–Crippen MR) is 54.3 cm³/mol. The summed E-state index contributed by atoms with van der Waals surface area (Å²) in [6.45, 7) is 2.10. The zero-order chi connectivity index (χ0) is 8.97. The number of nitrogens with one attached hydrogen (secondary N) is 1. The second kappa shape index (κ2) is 4.30. The van der Waals surface area contributed by atoms with Gasteiger partial charge in [-0.2, -0.15) is 0 Å². The van der Waals surface area contributed by atoms with Gasteiger partial charge in [-0.05, 0) is 31.0 Å². The van der Waals surface area contributed by atoms with E-state index in [9.17, 15) is 0 Å². The summed E-state index contributed by atoms with van der Waals surface area (Å²) in [7, 11) is 1.94. The summed E-state index contributed by atoms with van der Waals surface area (Å²) >= 11 is 1.76. The second-order valence-corrected chi connectivity index (χ2v) is 3.72. The number of hydrogen-bond acceptors (Lipinski definition) is 2. The zero-order valence-electron chi connectivity index (χ0n) is 7.42. The first-order valence-corrected chi connectivity index (χ1v) is 4.81. The number of aryl methyl sites for hydroxylation is 1. The van der Waals surface area contributed by atoms with Gasteiger partial charge >= 0.3 is 0 Å². The van der Waals surface area contributed by atoms with Gasteiger partial charge in [0.25, 0.3) is 0 Å². The van der Waals surface area contributed by atoms with Gasteiger partial charge in [-0.1, -0.05) is 0 Å². The summed E-state index contributed by atoms with van der Waals surface area (Å²) in [5, 5.41) is 5.35. The van der Waals surface area contributed by atoms with Crippen molar-refractivity contribution in [2.24, 2.45) is 0 Å². The molecule has 1 N–H and O–H groups in total. The maximum atomic E-state index is 5.26. The topological polar surface area (TPSA) is 12.0 Å². The van der Waals surface area contributed by atoms with Crippen molar-refractivity contribution in [3.05, 3.63) is 21.9 Å². The van der Waals surface area contributed by atoms with Crippen molar-refractivity contribution in [1.29, 1.82) is 0 Å². The Balaban J connectivity index is 2.74. The van der Waals surface area contributed by atoms with Crippen LogP contribution in [0.25, 0.3) is 0 Å². The molecule has 1 rings (SSSR count). The molecule has 0 aliphatic heterocycles. The van der Waals surface area contributed by atoms with Gasteiger partial charge in [-0.25, -0.2) is 0 Å². The Bertz CT molecular complexity index is 282. The van der Waals surface area contributed by atoms with Crippen LogP contribution in [0.3, 0.4) is 0 Å². The molecular weight excluding hydrogens is 166 g/mol. The van der Waals surface area contributed by atoms with E-state index in [1.807, 2.05) is 7.05 Å². The van der Waals surface area contributed by atoms with E-state index in [0.29, 0.717) is 6.04 Å². The summed E-state index contributed by atoms with van der Waals surface area (Å²) in [4.78, 5) is 1.33. The van der Waals surface area contributed by atoms with Gasteiger partial charge in [-0.15, -0.1) is 23.7 Å². The lowest BCUT2D eigenvalue weighted by Gasteiger charge is -2.09. The van der Waals surface area contributed by atoms with Crippen molar-refractivity contribution in [2.75, 3.05) is 7.05 Å². The summed E-state index contributed by atoms with van der Waals surface area (Å²) in [5.41, 5.74) is 1.31. The van der Waals surface area contributed by atoms with Gasteiger partial charge in [0.05, 0.1) is 6.04 Å². The van der Waals surface area contributed by atoms with Gasteiger partial charge in [0.1, 0.15) is 0 Å². The molecule has 12 heavy (non-hydrogen) atoms. The molecule has 0 aromatic carbocycles. The molecule has 0 fully saturated rings. The third kappa shape index (κ3) is 2.10. The van der Waals surface area contributed by atoms with Crippen molar-refractivity contribution in [3.8, 4) is 12.3 Å². The van der Waals surface area contributed by atoms with E-state index >= 15 is 0 Å². The lowest BCUT2D eigenvalue weighted by Crippen LogP contribution is -2.14. The van der Waals surface area contributed by atoms with Gasteiger partial charge in [0, 0.05) is 11.3 Å². The Hall–Kier alpha value is -0.780. The summed E-state index contributed by atoms with van der Waals surface area (Å²) in [6.07, 6.45) is 6.02. The molecule has 0 aliphatic rings. The molecule has 2 heteroatoms. The highest BCUT2D eigenvalue weighted by Crippen LogP contribution is 2.23. The predicted octanol–water partition coefficient (Wildman–Crippen LogP) is 2.34. The Morgan fingerprint density at radius 3 is 2.92 bits per heavy atom. The monoisotopic (exact) mass is 179 g/mol. The van der Waals surface area contributed by atoms with Crippen LogP contribution in [-0.2, 0) is 0 Å². The van der Waals surface area contributed by atoms with Crippen molar-refractivity contribution in [2.45, 2.75) is 19.4 Å². The minimum absolute atomic E-state index is 0.327. The molecule has 0 spiro atoms. The van der Waals surface area contributed by atoms with Crippen LogP contribution in [0.15, 0.2) is 11.4 Å². The summed E-state index contributed by atoms with van der Waals surface area (Å²) < 4.78 is 0. The highest BCUT2D eigenvalue weighted by molar-refractivity contribution is 7.10. The zero-order valence-corrected chi connectivity index (χ0v) is 8.24. The minimum atomic E-state index is 0.327. The van der Waals surface area contributed by atoms with Crippen LogP contribution in [0.1, 0.15) is 22.9 Å². The van der Waals surface area contributed by atoms with Crippen molar-refractivity contribution >= 4 is 11.3 Å². The summed E-state index contributed by atoms with van der Waals surface area (Å²) in [6, 6.07) is 2.51. The standard InChI is InChI=1S/C10H13NS/c1-4-5-9(11-3)10-6-8(2)7-12-10/h1,6-7,9,11H,5H2,2-3H3. The second-order valence-electron chi connectivity index (χ2n) is 2.78. The number of thiophene rings is 1. The minimum Gasteiger partial charge on any atom is -0.312 e. The Morgan fingerprint density at radius 2 is 2.50 bits per heavy atom. The molecule has 1 atom stereocenters. The largest absolute Gasteiger partial charge is 0.312 e. The quantitative estimate of drug-likeness (QED) is 0.702. The molecule has 1 heterocycles. The molecule has 0 saturated heterocycles. The fraction of sp³-hybridized carbons (Fsp3) is 0.400. The first-order chi connectivity index (χ1) is 5.77. The Kier molecular flexibility index (Phi) is 3.33. The van der Waals surface area contributed by atoms with Crippen LogP contribution < -0.4 is 5.32 Å². The third-order valence-electron chi connectivity index (χ3n) is 1.76. The van der Waals surface area contributed by atoms with Gasteiger partial charge in [-0.3, -0.25) is 0 Å². The molecule has 1 unspecified atom stereocenters. The van der Waals surface area contributed by atoms with Crippen molar-refractivity contribution in [3.63, 3.8) is 0 Å². The maximum Gasteiger partial charge on any atom is 0.0523 e. The smallest absolute Gasteiger partial charge is 0.0523 e. The molecule has 1 aromatic rings. The highest BCUT2D eigenvalue weighted by Gasteiger charge is 2.08. The first kappa shape index (κ1) is 9.31. The van der Waals surface area contributed by atoms with Crippen molar-refractivity contribution in [1.82, 2.24) is 5.32 Å². The van der Waals surface area contributed by atoms with E-state index < -0.39 is 0 Å². The average molecular weight is 179 g/mol. The fourth-order valence-corrected chi connectivity index (χ4v) is 2.11. The van der Waals surface area contributed by atoms with Crippen LogP contribution in [0.2, 0.25) is 0 Å². The van der Waals surface area contributed by atoms with E-state index in [2.05, 4.69) is 29.6 Å². The molecular formula is C10H13NS. The van der Waals surface area contributed by atoms with E-state index in [1.54, 1.807) is 11.3 Å². The number of terminal acetylenes is 1. The molecule has 0 radical (unpaired) electrons. The molecule has 0 saturated carbocycles. The van der Waals surface area contributed by atoms with Gasteiger partial charge < -0.3 is 5.32 Å². The third-order valence-corrected chi connectivity index (χ3v) is 2.93. The SMILES string of the molecule is C#CCC(NC)c1cc(C)cs1. The molecule has 64 valence electrons. The van der Waals surface area contributed by atoms with Crippen LogP contribution in [0, 0.1) is 19.3 Å². The Morgan fingerprint density at radius 1 is 1.75 bits per heavy atom. The molecule has 0 bridgehead atoms. The molecule has 1 aromatic heterocycles. The number of hydrogen-bond donors (Lipinski definition) is 1. The Labute approximate surface area is 77.8 Å². The average Bonchev–Trinajstić information content (AvgIpc) is 2.47. The van der Waals surface area contributed by atoms with E-state index in [0.717, 1.165) is 6.42 Å². The first-order valence-electron chi connectivity index (χ1n) is 3.93. The van der Waals surface area contributed by atoms with Crippen LogP contribution >= 0.6 is 11.3 Å². The summed E-state index contributed by atoms with van der Waals surface area (Å²) in [5.74, 6) is 2.67. The normalized spacial score (nSPS) is 12.4. The van der Waals surface area contributed by atoms with Crippen molar-refractivity contribution < 1.29 is 0 Å². The van der Waals surface area contributed by atoms with E-state index in [-0.39, 0.29) is 0 Å². The van der Waals surface area contributed by atoms with Gasteiger partial charge in [0.2, 0.25) is 0 Å². The molecule has 1 nitrogen and oxygen atoms in total. The van der Waals surface area contributed by atoms with Crippen LogP contribution in [0.5, 0.6) is 0 Å². The number of rotatable bonds is 3. The molecule has 0 aliphatic carbocycles. The maximum absolute atomic E-state index is 5.26. The molecule has 0 amide bonds. The lowest BCUT2D eigenvalue weighted by atomic mass is 10.1. The van der Waals surface area contributed by atoms with E-state index in [1.165, 1.54) is 10.4 Å². The van der Waals surface area contributed by atoms with Crippen LogP contribution in [-0.4, -0.2) is 7.05 Å². The van der Waals surface area contributed by atoms with Crippen LogP contribution in [0.4, 0.5) is 0 Å². The fourth-order valence-electron chi connectivity index (χ4n) is 1.10.